The minimum Gasteiger partial charge on any atom is -0.481 e. The van der Waals surface area contributed by atoms with E-state index in [-0.39, 0.29) is 29.0 Å². The molecule has 0 saturated heterocycles. The number of ether oxygens (including phenoxy) is 4. The van der Waals surface area contributed by atoms with E-state index >= 15 is 0 Å². The molecule has 1 aliphatic rings. The monoisotopic (exact) mass is 378 g/mol. The topological polar surface area (TPSA) is 79.8 Å². The average Bonchev–Trinajstić information content (AvgIpc) is 2.83. The first kappa shape index (κ1) is 16.7. The molecule has 1 aliphatic carbocycles. The largest absolute Gasteiger partial charge is 0.481 e. The van der Waals surface area contributed by atoms with E-state index in [1.54, 1.807) is 0 Å². The lowest BCUT2D eigenvalue weighted by Crippen LogP contribution is -2.48. The summed E-state index contributed by atoms with van der Waals surface area (Å²) in [5, 5.41) is 0. The molecule has 7 nitrogen and oxygen atoms in total. The smallest absolute Gasteiger partial charge is 0.347 e. The van der Waals surface area contributed by atoms with Crippen molar-refractivity contribution < 1.29 is 28.1 Å². The quantitative estimate of drug-likeness (QED) is 0.569. The molecule has 3 unspecified atom stereocenters. The van der Waals surface area contributed by atoms with Gasteiger partial charge in [-0.25, -0.2) is 9.18 Å². The van der Waals surface area contributed by atoms with Crippen molar-refractivity contribution in [1.29, 1.82) is 0 Å². The van der Waals surface area contributed by atoms with Crippen LogP contribution in [0.15, 0.2) is 6.07 Å². The normalized spacial score (nSPS) is 27.3. The fourth-order valence-corrected chi connectivity index (χ4v) is 3.00. The van der Waals surface area contributed by atoms with E-state index in [1.807, 2.05) is 0 Å². The van der Waals surface area contributed by atoms with Crippen molar-refractivity contribution in [3.05, 3.63) is 6.07 Å². The molecule has 3 atom stereocenters. The van der Waals surface area contributed by atoms with Crippen LogP contribution in [0.4, 0.5) is 4.39 Å². The Hall–Kier alpha value is -1.64. The van der Waals surface area contributed by atoms with E-state index in [1.165, 1.54) is 20.3 Å². The molecule has 1 heterocycles. The Morgan fingerprint density at radius 3 is 2.41 bits per heavy atom. The number of methoxy groups -OCH3 is 3. The molecule has 1 aromatic heterocycles. The maximum Gasteiger partial charge on any atom is 0.347 e. The highest BCUT2D eigenvalue weighted by molar-refractivity contribution is 9.09. The molecule has 0 amide bonds. The van der Waals surface area contributed by atoms with Crippen molar-refractivity contribution in [2.75, 3.05) is 21.3 Å². The van der Waals surface area contributed by atoms with Crippen molar-refractivity contribution in [2.45, 2.75) is 29.4 Å². The Balaban J connectivity index is 2.29. The second-order valence-electron chi connectivity index (χ2n) is 4.68. The third kappa shape index (κ3) is 3.08. The molecular weight excluding hydrogens is 363 g/mol. The van der Waals surface area contributed by atoms with Crippen molar-refractivity contribution in [1.82, 2.24) is 9.97 Å². The number of rotatable bonds is 5. The number of alkyl halides is 2. The van der Waals surface area contributed by atoms with Crippen LogP contribution in [0.25, 0.3) is 0 Å². The van der Waals surface area contributed by atoms with Crippen LogP contribution < -0.4 is 14.2 Å². The van der Waals surface area contributed by atoms with Gasteiger partial charge < -0.3 is 18.9 Å². The van der Waals surface area contributed by atoms with Gasteiger partial charge in [-0.2, -0.15) is 9.97 Å². The number of halogens is 2. The van der Waals surface area contributed by atoms with Crippen LogP contribution in [0.2, 0.25) is 0 Å². The van der Waals surface area contributed by atoms with Gasteiger partial charge in [-0.15, -0.1) is 0 Å². The molecule has 0 N–H and O–H groups in total. The van der Waals surface area contributed by atoms with E-state index in [0.717, 1.165) is 7.11 Å². The Morgan fingerprint density at radius 2 is 1.91 bits per heavy atom. The van der Waals surface area contributed by atoms with Crippen LogP contribution in [0.1, 0.15) is 12.8 Å². The lowest BCUT2D eigenvalue weighted by molar-refractivity contribution is -0.159. The van der Waals surface area contributed by atoms with Crippen LogP contribution in [0, 0.1) is 0 Å². The molecule has 0 aliphatic heterocycles. The number of carbonyl (C=O) groups excluding carboxylic acids is 1. The predicted molar refractivity (Wildman–Crippen MR) is 77.4 cm³/mol. The van der Waals surface area contributed by atoms with Crippen molar-refractivity contribution in [2.24, 2.45) is 0 Å². The number of esters is 1. The zero-order valence-corrected chi connectivity index (χ0v) is 13.9. The predicted octanol–water partition coefficient (Wildman–Crippen LogP) is 1.68. The first-order valence-electron chi connectivity index (χ1n) is 6.49. The van der Waals surface area contributed by atoms with Crippen molar-refractivity contribution in [3.8, 4) is 17.8 Å². The Kier molecular flexibility index (Phi) is 5.05. The van der Waals surface area contributed by atoms with E-state index < -0.39 is 17.7 Å². The molecular formula is C13H16BrFN2O5. The zero-order chi connectivity index (χ0) is 16.3. The van der Waals surface area contributed by atoms with Crippen LogP contribution in [-0.4, -0.2) is 53.9 Å². The lowest BCUT2D eigenvalue weighted by atomic mass is 10.0. The first-order chi connectivity index (χ1) is 10.4. The summed E-state index contributed by atoms with van der Waals surface area (Å²) in [6, 6.07) is 1.31. The maximum atomic E-state index is 14.9. The molecule has 0 spiro atoms. The molecule has 1 saturated carbocycles. The molecule has 1 aromatic rings. The summed E-state index contributed by atoms with van der Waals surface area (Å²) >= 11 is 3.32. The van der Waals surface area contributed by atoms with Gasteiger partial charge in [0.2, 0.25) is 17.4 Å². The summed E-state index contributed by atoms with van der Waals surface area (Å²) in [4.78, 5) is 19.3. The van der Waals surface area contributed by atoms with Gasteiger partial charge in [0.1, 0.15) is 0 Å². The van der Waals surface area contributed by atoms with E-state index in [0.29, 0.717) is 6.42 Å². The minimum atomic E-state index is -2.26. The third-order valence-corrected chi connectivity index (χ3v) is 4.34. The van der Waals surface area contributed by atoms with Gasteiger partial charge in [-0.3, -0.25) is 0 Å². The first-order valence-corrected chi connectivity index (χ1v) is 7.41. The summed E-state index contributed by atoms with van der Waals surface area (Å²) in [6.45, 7) is 0. The van der Waals surface area contributed by atoms with Gasteiger partial charge in [-0.1, -0.05) is 15.9 Å². The van der Waals surface area contributed by atoms with Crippen molar-refractivity contribution in [3.63, 3.8) is 0 Å². The van der Waals surface area contributed by atoms with Gasteiger partial charge in [0.15, 0.2) is 6.10 Å². The summed E-state index contributed by atoms with van der Waals surface area (Å²) in [5.74, 6) is -0.573. The second-order valence-corrected chi connectivity index (χ2v) is 5.86. The summed E-state index contributed by atoms with van der Waals surface area (Å²) < 4.78 is 35.0. The number of nitrogens with zero attached hydrogens (tertiary/aromatic N) is 2. The van der Waals surface area contributed by atoms with Crippen LogP contribution in [-0.2, 0) is 9.53 Å². The molecule has 1 fully saturated rings. The van der Waals surface area contributed by atoms with Crippen LogP contribution in [0.3, 0.4) is 0 Å². The van der Waals surface area contributed by atoms with E-state index in [2.05, 4.69) is 30.6 Å². The number of hydrogen-bond donors (Lipinski definition) is 0. The SMILES string of the molecule is COC(=O)C1(F)CCC(Br)C1Oc1nc(OC)cc(OC)n1. The highest BCUT2D eigenvalue weighted by Crippen LogP contribution is 2.41. The number of carbonyl (C=O) groups is 1. The van der Waals surface area contributed by atoms with E-state index in [4.69, 9.17) is 14.2 Å². The number of hydrogen-bond acceptors (Lipinski definition) is 7. The second kappa shape index (κ2) is 6.64. The number of aromatic nitrogens is 2. The highest BCUT2D eigenvalue weighted by Gasteiger charge is 2.57. The molecule has 0 aromatic carbocycles. The minimum absolute atomic E-state index is 0.0125. The fraction of sp³-hybridized carbons (Fsp3) is 0.615. The van der Waals surface area contributed by atoms with Crippen LogP contribution in [0.5, 0.6) is 17.8 Å². The molecule has 0 bridgehead atoms. The molecule has 9 heteroatoms. The Morgan fingerprint density at radius 1 is 1.32 bits per heavy atom. The maximum absolute atomic E-state index is 14.9. The Labute approximate surface area is 135 Å². The van der Waals surface area contributed by atoms with E-state index in [9.17, 15) is 9.18 Å². The van der Waals surface area contributed by atoms with Gasteiger partial charge >= 0.3 is 12.0 Å². The lowest BCUT2D eigenvalue weighted by Gasteiger charge is -2.26. The average molecular weight is 379 g/mol. The van der Waals surface area contributed by atoms with Gasteiger partial charge in [0, 0.05) is 0 Å². The fourth-order valence-electron chi connectivity index (χ4n) is 2.24. The molecule has 0 radical (unpaired) electrons. The van der Waals surface area contributed by atoms with Gasteiger partial charge in [0.05, 0.1) is 32.2 Å². The van der Waals surface area contributed by atoms with Crippen LogP contribution >= 0.6 is 15.9 Å². The van der Waals surface area contributed by atoms with Gasteiger partial charge in [0.25, 0.3) is 0 Å². The zero-order valence-electron chi connectivity index (χ0n) is 12.3. The van der Waals surface area contributed by atoms with Gasteiger partial charge in [-0.05, 0) is 12.8 Å². The molecule has 122 valence electrons. The summed E-state index contributed by atoms with van der Waals surface area (Å²) in [5.41, 5.74) is -2.26. The summed E-state index contributed by atoms with van der Waals surface area (Å²) in [7, 11) is 3.97. The standard InChI is InChI=1S/C13H16BrFN2O5/c1-19-8-6-9(20-2)17-12(16-8)22-10-7(14)4-5-13(10,15)11(18)21-3/h6-7,10H,4-5H2,1-3H3. The Bertz CT molecular complexity index is 539. The third-order valence-electron chi connectivity index (χ3n) is 3.40. The summed E-state index contributed by atoms with van der Waals surface area (Å²) in [6.07, 6.45) is -0.713. The molecule has 2 rings (SSSR count). The molecule has 22 heavy (non-hydrogen) atoms. The van der Waals surface area contributed by atoms with Crippen molar-refractivity contribution >= 4 is 21.9 Å². The highest BCUT2D eigenvalue weighted by atomic mass is 79.9.